The first-order valence-corrected chi connectivity index (χ1v) is 11.0. The van der Waals surface area contributed by atoms with Gasteiger partial charge < -0.3 is 15.0 Å². The van der Waals surface area contributed by atoms with Crippen molar-refractivity contribution in [2.24, 2.45) is 0 Å². The van der Waals surface area contributed by atoms with Crippen molar-refractivity contribution in [1.29, 1.82) is 0 Å². The molecule has 0 bridgehead atoms. The number of carbonyl (C=O) groups excluding carboxylic acids is 1. The van der Waals surface area contributed by atoms with Gasteiger partial charge in [0.1, 0.15) is 5.82 Å². The van der Waals surface area contributed by atoms with Crippen LogP contribution in [0.2, 0.25) is 5.02 Å². The molecule has 1 aliphatic rings. The third-order valence-electron chi connectivity index (χ3n) is 5.43. The third-order valence-corrected chi connectivity index (χ3v) is 5.76. The monoisotopic (exact) mass is 463 g/mol. The zero-order valence-electron chi connectivity index (χ0n) is 18.1. The molecule has 10 heteroatoms. The van der Waals surface area contributed by atoms with Crippen molar-refractivity contribution >= 4 is 34.7 Å². The summed E-state index contributed by atoms with van der Waals surface area (Å²) in [6.45, 7) is 5.63. The summed E-state index contributed by atoms with van der Waals surface area (Å²) >= 11 is 6.42. The minimum atomic E-state index is -0.263. The summed E-state index contributed by atoms with van der Waals surface area (Å²) in [7, 11) is 0. The van der Waals surface area contributed by atoms with Gasteiger partial charge in [-0.25, -0.2) is 4.98 Å². The largest absolute Gasteiger partial charge is 0.372 e. The fraction of sp³-hybridized carbons (Fsp3) is 0.261. The predicted octanol–water partition coefficient (Wildman–Crippen LogP) is 3.71. The molecule has 1 saturated heterocycles. The molecule has 1 N–H and O–H groups in total. The molecule has 3 aromatic heterocycles. The lowest BCUT2D eigenvalue weighted by Gasteiger charge is -2.36. The minimum Gasteiger partial charge on any atom is -0.372 e. The fourth-order valence-electron chi connectivity index (χ4n) is 3.99. The number of ether oxygens (including phenoxy) is 1. The minimum absolute atomic E-state index is 0.135. The third kappa shape index (κ3) is 4.37. The Hall–Kier alpha value is -3.56. The molecule has 0 aliphatic carbocycles. The Morgan fingerprint density at radius 1 is 1.12 bits per heavy atom. The maximum Gasteiger partial charge on any atom is 0.257 e. The number of carbonyl (C=O) groups is 1. The number of morpholine rings is 1. The van der Waals surface area contributed by atoms with Crippen LogP contribution in [0.1, 0.15) is 24.2 Å². The van der Waals surface area contributed by atoms with E-state index in [-0.39, 0.29) is 18.1 Å². The molecule has 4 heterocycles. The van der Waals surface area contributed by atoms with Gasteiger partial charge in [0.05, 0.1) is 29.0 Å². The lowest BCUT2D eigenvalue weighted by atomic mass is 10.1. The van der Waals surface area contributed by atoms with Crippen LogP contribution >= 0.6 is 11.6 Å². The van der Waals surface area contributed by atoms with Crippen molar-refractivity contribution < 1.29 is 9.53 Å². The zero-order chi connectivity index (χ0) is 22.9. The maximum atomic E-state index is 12.8. The fourth-order valence-corrected chi connectivity index (χ4v) is 4.19. The summed E-state index contributed by atoms with van der Waals surface area (Å²) in [6.07, 6.45) is 6.88. The van der Waals surface area contributed by atoms with Crippen LogP contribution in [0.15, 0.2) is 55.1 Å². The van der Waals surface area contributed by atoms with Crippen molar-refractivity contribution in [3.63, 3.8) is 0 Å². The van der Waals surface area contributed by atoms with E-state index in [1.165, 1.54) is 0 Å². The molecule has 1 amide bonds. The number of hydrogen-bond acceptors (Lipinski definition) is 7. The number of benzene rings is 1. The van der Waals surface area contributed by atoms with E-state index in [1.807, 2.05) is 19.9 Å². The number of anilines is 2. The highest BCUT2D eigenvalue weighted by Crippen LogP contribution is 2.30. The number of hydrogen-bond donors (Lipinski definition) is 1. The van der Waals surface area contributed by atoms with E-state index in [0.717, 1.165) is 18.9 Å². The maximum absolute atomic E-state index is 12.8. The van der Waals surface area contributed by atoms with Crippen molar-refractivity contribution in [1.82, 2.24) is 24.6 Å². The van der Waals surface area contributed by atoms with Crippen LogP contribution < -0.4 is 10.2 Å². The second kappa shape index (κ2) is 8.76. The summed E-state index contributed by atoms with van der Waals surface area (Å²) in [5, 5.41) is 11.7. The first-order valence-electron chi connectivity index (χ1n) is 10.6. The van der Waals surface area contributed by atoms with Crippen LogP contribution in [0.5, 0.6) is 0 Å². The van der Waals surface area contributed by atoms with Gasteiger partial charge in [0.15, 0.2) is 11.5 Å². The Labute approximate surface area is 195 Å². The molecular weight excluding hydrogens is 442 g/mol. The van der Waals surface area contributed by atoms with Crippen LogP contribution in [0.4, 0.5) is 11.5 Å². The quantitative estimate of drug-likeness (QED) is 0.492. The topological polar surface area (TPSA) is 97.5 Å². The van der Waals surface area contributed by atoms with Gasteiger partial charge in [0.25, 0.3) is 5.91 Å². The van der Waals surface area contributed by atoms with Crippen LogP contribution in [0.25, 0.3) is 17.0 Å². The summed E-state index contributed by atoms with van der Waals surface area (Å²) in [5.74, 6) is 1.13. The highest BCUT2D eigenvalue weighted by molar-refractivity contribution is 6.33. The highest BCUT2D eigenvalue weighted by atomic mass is 35.5. The van der Waals surface area contributed by atoms with Crippen molar-refractivity contribution in [2.45, 2.75) is 26.1 Å². The Morgan fingerprint density at radius 3 is 2.70 bits per heavy atom. The van der Waals surface area contributed by atoms with Gasteiger partial charge in [-0.3, -0.25) is 14.2 Å². The summed E-state index contributed by atoms with van der Waals surface area (Å²) in [4.78, 5) is 23.6. The van der Waals surface area contributed by atoms with Crippen LogP contribution in [-0.2, 0) is 4.74 Å². The lowest BCUT2D eigenvalue weighted by Crippen LogP contribution is -2.45. The molecule has 33 heavy (non-hydrogen) atoms. The predicted molar refractivity (Wildman–Crippen MR) is 126 cm³/mol. The van der Waals surface area contributed by atoms with Crippen molar-refractivity contribution in [3.05, 3.63) is 65.7 Å². The molecule has 1 fully saturated rings. The Morgan fingerprint density at radius 2 is 1.94 bits per heavy atom. The van der Waals surface area contributed by atoms with Gasteiger partial charge >= 0.3 is 0 Å². The number of pyridine rings is 1. The summed E-state index contributed by atoms with van der Waals surface area (Å²) < 4.78 is 7.57. The van der Waals surface area contributed by atoms with Crippen LogP contribution in [0, 0.1) is 0 Å². The number of amides is 1. The number of aromatic nitrogens is 5. The average Bonchev–Trinajstić information content (AvgIpc) is 3.24. The van der Waals surface area contributed by atoms with E-state index in [0.29, 0.717) is 33.3 Å². The van der Waals surface area contributed by atoms with Gasteiger partial charge in [-0.15, -0.1) is 10.2 Å². The Kier molecular flexibility index (Phi) is 5.65. The smallest absolute Gasteiger partial charge is 0.257 e. The normalized spacial score (nSPS) is 18.5. The van der Waals surface area contributed by atoms with E-state index in [4.69, 9.17) is 16.3 Å². The molecule has 4 aromatic rings. The van der Waals surface area contributed by atoms with Gasteiger partial charge in [0.2, 0.25) is 0 Å². The number of halogens is 1. The molecule has 2 atom stereocenters. The van der Waals surface area contributed by atoms with E-state index >= 15 is 0 Å². The molecule has 9 nitrogen and oxygen atoms in total. The van der Waals surface area contributed by atoms with Gasteiger partial charge in [-0.2, -0.15) is 0 Å². The molecule has 0 unspecified atom stereocenters. The van der Waals surface area contributed by atoms with Gasteiger partial charge in [-0.1, -0.05) is 11.6 Å². The summed E-state index contributed by atoms with van der Waals surface area (Å²) in [6, 6.07) is 8.88. The number of fused-ring (bicyclic) bond motifs is 1. The van der Waals surface area contributed by atoms with Crippen LogP contribution in [0.3, 0.4) is 0 Å². The van der Waals surface area contributed by atoms with Crippen LogP contribution in [-0.4, -0.2) is 55.8 Å². The zero-order valence-corrected chi connectivity index (χ0v) is 18.9. The molecular formula is C23H22ClN7O2. The van der Waals surface area contributed by atoms with Gasteiger partial charge in [0, 0.05) is 42.9 Å². The van der Waals surface area contributed by atoms with E-state index in [9.17, 15) is 4.79 Å². The molecule has 0 spiro atoms. The van der Waals surface area contributed by atoms with Crippen molar-refractivity contribution in [3.8, 4) is 11.4 Å². The molecule has 1 aromatic carbocycles. The first kappa shape index (κ1) is 21.3. The lowest BCUT2D eigenvalue weighted by molar-refractivity contribution is -0.00546. The molecule has 168 valence electrons. The van der Waals surface area contributed by atoms with Gasteiger partial charge in [-0.05, 0) is 44.2 Å². The molecule has 5 rings (SSSR count). The van der Waals surface area contributed by atoms with E-state index in [1.54, 1.807) is 53.5 Å². The second-order valence-corrected chi connectivity index (χ2v) is 8.45. The molecule has 0 radical (unpaired) electrons. The van der Waals surface area contributed by atoms with Crippen molar-refractivity contribution in [2.75, 3.05) is 23.3 Å². The Balaban J connectivity index is 1.34. The first-order chi connectivity index (χ1) is 16.0. The Bertz CT molecular complexity index is 1300. The average molecular weight is 464 g/mol. The molecule has 1 aliphatic heterocycles. The number of nitrogens with one attached hydrogen (secondary N) is 1. The SMILES string of the molecule is C[C@@H]1CN(c2ccc(C(=O)Nc3ccc(Cl)c(-c4nnc5cnccn45)c3)cn2)C[C@H](C)O1. The standard InChI is InChI=1S/C23H22ClN7O2/c1-14-12-30(13-15(2)33-14)20-6-3-16(10-26-20)23(32)27-17-4-5-19(24)18(9-17)22-29-28-21-11-25-7-8-31(21)22/h3-11,14-15H,12-13H2,1-2H3,(H,27,32)/t14-,15+. The highest BCUT2D eigenvalue weighted by Gasteiger charge is 2.23. The summed E-state index contributed by atoms with van der Waals surface area (Å²) in [5.41, 5.74) is 2.30. The van der Waals surface area contributed by atoms with E-state index < -0.39 is 0 Å². The molecule has 0 saturated carbocycles. The number of rotatable bonds is 4. The number of nitrogens with zero attached hydrogens (tertiary/aromatic N) is 6. The van der Waals surface area contributed by atoms with E-state index in [2.05, 4.69) is 30.4 Å². The second-order valence-electron chi connectivity index (χ2n) is 8.04.